The van der Waals surface area contributed by atoms with Gasteiger partial charge in [0.1, 0.15) is 4.32 Å². The molecule has 2 aliphatic rings. The third-order valence-corrected chi connectivity index (χ3v) is 5.09. The second-order valence-electron chi connectivity index (χ2n) is 5.59. The average molecular weight is 379 g/mol. The number of hydrogen-bond acceptors (Lipinski definition) is 6. The molecule has 25 heavy (non-hydrogen) atoms. The highest BCUT2D eigenvalue weighted by Gasteiger charge is 2.31. The van der Waals surface area contributed by atoms with Gasteiger partial charge < -0.3 is 14.6 Å². The molecule has 3 rings (SSSR count). The van der Waals surface area contributed by atoms with Gasteiger partial charge in [-0.05, 0) is 30.2 Å². The summed E-state index contributed by atoms with van der Waals surface area (Å²) in [4.78, 5) is 25.1. The fourth-order valence-corrected chi connectivity index (χ4v) is 3.81. The van der Waals surface area contributed by atoms with Crippen molar-refractivity contribution in [3.8, 4) is 11.5 Å². The number of nitrogens with zero attached hydrogens (tertiary/aromatic N) is 1. The van der Waals surface area contributed by atoms with Gasteiger partial charge in [0.05, 0.1) is 18.1 Å². The van der Waals surface area contributed by atoms with E-state index in [1.807, 2.05) is 18.2 Å². The first kappa shape index (κ1) is 17.8. The number of aliphatic carboxylic acids is 1. The van der Waals surface area contributed by atoms with Crippen LogP contribution >= 0.6 is 24.0 Å². The smallest absolute Gasteiger partial charge is 0.303 e. The average Bonchev–Trinajstić information content (AvgIpc) is 2.76. The van der Waals surface area contributed by atoms with Crippen LogP contribution in [0.15, 0.2) is 23.1 Å². The summed E-state index contributed by atoms with van der Waals surface area (Å²) in [6.07, 6.45) is 2.99. The zero-order chi connectivity index (χ0) is 17.8. The van der Waals surface area contributed by atoms with Crippen LogP contribution in [0.5, 0.6) is 11.5 Å². The second kappa shape index (κ2) is 7.88. The maximum atomic E-state index is 12.5. The first-order valence-corrected chi connectivity index (χ1v) is 9.14. The van der Waals surface area contributed by atoms with E-state index in [2.05, 4.69) is 0 Å². The predicted octanol–water partition coefficient (Wildman–Crippen LogP) is 2.91. The van der Waals surface area contributed by atoms with Crippen molar-refractivity contribution in [2.24, 2.45) is 0 Å². The molecule has 0 aliphatic carbocycles. The molecule has 0 bridgehead atoms. The van der Waals surface area contributed by atoms with Gasteiger partial charge >= 0.3 is 5.97 Å². The molecule has 1 N–H and O–H groups in total. The Labute approximate surface area is 154 Å². The summed E-state index contributed by atoms with van der Waals surface area (Å²) >= 11 is 6.47. The number of carbonyl (C=O) groups is 2. The number of ether oxygens (including phenoxy) is 2. The van der Waals surface area contributed by atoms with Gasteiger partial charge in [0.15, 0.2) is 11.5 Å². The molecule has 0 atom stereocenters. The number of thiocarbonyl (C=S) groups is 1. The van der Waals surface area contributed by atoms with E-state index in [-0.39, 0.29) is 12.3 Å². The Morgan fingerprint density at radius 3 is 2.84 bits per heavy atom. The summed E-state index contributed by atoms with van der Waals surface area (Å²) in [6, 6.07) is 5.54. The Hall–Kier alpha value is -2.06. The summed E-state index contributed by atoms with van der Waals surface area (Å²) in [6.45, 7) is 1.54. The maximum Gasteiger partial charge on any atom is 0.303 e. The van der Waals surface area contributed by atoms with Crippen molar-refractivity contribution in [3.63, 3.8) is 0 Å². The van der Waals surface area contributed by atoms with Gasteiger partial charge in [-0.3, -0.25) is 14.5 Å². The van der Waals surface area contributed by atoms with Crippen LogP contribution in [0.25, 0.3) is 6.08 Å². The maximum absolute atomic E-state index is 12.5. The molecule has 6 nitrogen and oxygen atoms in total. The normalized spacial score (nSPS) is 18.6. The standard InChI is InChI=1S/C17H17NO5S2/c19-15(20)3-1-6-18-16(21)14(25-17(18)24)10-11-4-5-12-13(9-11)23-8-2-7-22-12/h4-5,9-10H,1-3,6-8H2,(H,19,20)/b14-10-. The summed E-state index contributed by atoms with van der Waals surface area (Å²) in [5.74, 6) is 0.305. The number of benzene rings is 1. The number of carbonyl (C=O) groups excluding carboxylic acids is 1. The van der Waals surface area contributed by atoms with Gasteiger partial charge in [-0.25, -0.2) is 0 Å². The largest absolute Gasteiger partial charge is 0.490 e. The molecule has 0 unspecified atom stereocenters. The van der Waals surface area contributed by atoms with Crippen LogP contribution < -0.4 is 9.47 Å². The van der Waals surface area contributed by atoms with Crippen LogP contribution in [0, 0.1) is 0 Å². The molecule has 1 fully saturated rings. The lowest BCUT2D eigenvalue weighted by molar-refractivity contribution is -0.137. The fraction of sp³-hybridized carbons (Fsp3) is 0.353. The van der Waals surface area contributed by atoms with E-state index in [9.17, 15) is 9.59 Å². The van der Waals surface area contributed by atoms with Crippen LogP contribution in [-0.2, 0) is 9.59 Å². The Morgan fingerprint density at radius 1 is 1.32 bits per heavy atom. The minimum Gasteiger partial charge on any atom is -0.490 e. The third-order valence-electron chi connectivity index (χ3n) is 3.72. The summed E-state index contributed by atoms with van der Waals surface area (Å²) < 4.78 is 11.7. The Kier molecular flexibility index (Phi) is 5.60. The number of thioether (sulfide) groups is 1. The molecular formula is C17H17NO5S2. The Balaban J connectivity index is 1.73. The van der Waals surface area contributed by atoms with E-state index in [1.165, 1.54) is 16.7 Å². The zero-order valence-corrected chi connectivity index (χ0v) is 15.0. The van der Waals surface area contributed by atoms with Crippen LogP contribution in [0.4, 0.5) is 0 Å². The number of rotatable bonds is 5. The topological polar surface area (TPSA) is 76.1 Å². The molecule has 0 saturated carbocycles. The minimum atomic E-state index is -0.881. The molecule has 132 valence electrons. The van der Waals surface area contributed by atoms with Gasteiger partial charge in [-0.15, -0.1) is 0 Å². The molecule has 1 aromatic carbocycles. The molecule has 8 heteroatoms. The highest BCUT2D eigenvalue weighted by atomic mass is 32.2. The lowest BCUT2D eigenvalue weighted by Gasteiger charge is -2.13. The third kappa shape index (κ3) is 4.32. The van der Waals surface area contributed by atoms with E-state index in [4.69, 9.17) is 26.8 Å². The lowest BCUT2D eigenvalue weighted by atomic mass is 10.2. The first-order chi connectivity index (χ1) is 12.0. The first-order valence-electron chi connectivity index (χ1n) is 7.91. The van der Waals surface area contributed by atoms with Crippen LogP contribution in [0.1, 0.15) is 24.8 Å². The van der Waals surface area contributed by atoms with E-state index < -0.39 is 5.97 Å². The van der Waals surface area contributed by atoms with E-state index in [1.54, 1.807) is 6.08 Å². The molecule has 2 heterocycles. The van der Waals surface area contributed by atoms with E-state index in [0.29, 0.717) is 46.9 Å². The molecule has 1 aromatic rings. The highest BCUT2D eigenvalue weighted by Crippen LogP contribution is 2.35. The Bertz CT molecular complexity index is 747. The van der Waals surface area contributed by atoms with E-state index in [0.717, 1.165) is 12.0 Å². The van der Waals surface area contributed by atoms with Crippen molar-refractivity contribution in [2.45, 2.75) is 19.3 Å². The Morgan fingerprint density at radius 2 is 2.08 bits per heavy atom. The highest BCUT2D eigenvalue weighted by molar-refractivity contribution is 8.26. The number of amides is 1. The van der Waals surface area contributed by atoms with Gasteiger partial charge in [-0.2, -0.15) is 0 Å². The zero-order valence-electron chi connectivity index (χ0n) is 13.4. The number of carboxylic acids is 1. The van der Waals surface area contributed by atoms with Crippen molar-refractivity contribution < 1.29 is 24.2 Å². The molecule has 1 amide bonds. The van der Waals surface area contributed by atoms with Crippen LogP contribution in [-0.4, -0.2) is 46.0 Å². The van der Waals surface area contributed by atoms with Gasteiger partial charge in [-0.1, -0.05) is 30.0 Å². The minimum absolute atomic E-state index is 0.0122. The van der Waals surface area contributed by atoms with E-state index >= 15 is 0 Å². The SMILES string of the molecule is O=C(O)CCCN1C(=O)/C(=C/c2ccc3c(c2)OCCCO3)SC1=S. The lowest BCUT2D eigenvalue weighted by Crippen LogP contribution is -2.29. The molecule has 0 aromatic heterocycles. The molecule has 2 aliphatic heterocycles. The second-order valence-corrected chi connectivity index (χ2v) is 7.26. The van der Waals surface area contributed by atoms with Crippen molar-refractivity contribution in [3.05, 3.63) is 28.7 Å². The summed E-state index contributed by atoms with van der Waals surface area (Å²) in [5.41, 5.74) is 0.829. The number of carboxylic acid groups (broad SMARTS) is 1. The molecular weight excluding hydrogens is 362 g/mol. The van der Waals surface area contributed by atoms with Gasteiger partial charge in [0, 0.05) is 19.4 Å². The number of fused-ring (bicyclic) bond motifs is 1. The van der Waals surface area contributed by atoms with Gasteiger partial charge in [0.25, 0.3) is 5.91 Å². The van der Waals surface area contributed by atoms with Crippen molar-refractivity contribution in [1.82, 2.24) is 4.90 Å². The van der Waals surface area contributed by atoms with Crippen molar-refractivity contribution in [2.75, 3.05) is 19.8 Å². The quantitative estimate of drug-likeness (QED) is 0.623. The van der Waals surface area contributed by atoms with Gasteiger partial charge in [0.2, 0.25) is 0 Å². The van der Waals surface area contributed by atoms with Crippen molar-refractivity contribution in [1.29, 1.82) is 0 Å². The summed E-state index contributed by atoms with van der Waals surface area (Å²) in [7, 11) is 0. The molecule has 1 saturated heterocycles. The van der Waals surface area contributed by atoms with Crippen molar-refractivity contribution >= 4 is 46.3 Å². The molecule has 0 spiro atoms. The number of hydrogen-bond donors (Lipinski definition) is 1. The monoisotopic (exact) mass is 379 g/mol. The predicted molar refractivity (Wildman–Crippen MR) is 98.8 cm³/mol. The molecule has 0 radical (unpaired) electrons. The van der Waals surface area contributed by atoms with Crippen LogP contribution in [0.3, 0.4) is 0 Å². The van der Waals surface area contributed by atoms with Crippen LogP contribution in [0.2, 0.25) is 0 Å². The summed E-state index contributed by atoms with van der Waals surface area (Å²) in [5, 5.41) is 8.71. The fourth-order valence-electron chi connectivity index (χ4n) is 2.50.